The molecule has 2 atom stereocenters. The average Bonchev–Trinajstić information content (AvgIpc) is 2.75. The van der Waals surface area contributed by atoms with Crippen LogP contribution in [0.15, 0.2) is 24.3 Å². The minimum atomic E-state index is -2.80. The minimum absolute atomic E-state index is 0.174. The van der Waals surface area contributed by atoms with E-state index in [1.165, 1.54) is 0 Å². The second kappa shape index (κ2) is 5.92. The summed E-state index contributed by atoms with van der Waals surface area (Å²) in [4.78, 5) is 0. The molecule has 1 aliphatic heterocycles. The van der Waals surface area contributed by atoms with Gasteiger partial charge in [-0.15, -0.1) is 0 Å². The molecule has 19 heavy (non-hydrogen) atoms. The number of hydrogen-bond acceptors (Lipinski definition) is 4. The Morgan fingerprint density at radius 1 is 1.47 bits per heavy atom. The van der Waals surface area contributed by atoms with Gasteiger partial charge in [-0.1, -0.05) is 12.1 Å². The zero-order valence-corrected chi connectivity index (χ0v) is 12.2. The van der Waals surface area contributed by atoms with Gasteiger partial charge in [-0.05, 0) is 43.5 Å². The molecule has 1 aliphatic rings. The summed E-state index contributed by atoms with van der Waals surface area (Å²) in [7, 11) is 0.763. The number of nitrogens with one attached hydrogen (secondary N) is 1. The Kier molecular flexibility index (Phi) is 4.47. The summed E-state index contributed by atoms with van der Waals surface area (Å²) < 4.78 is 28.2. The molecule has 2 unspecified atom stereocenters. The highest BCUT2D eigenvalue weighted by Gasteiger charge is 2.29. The highest BCUT2D eigenvalue weighted by Crippen LogP contribution is 2.30. The molecule has 1 saturated heterocycles. The maximum atomic E-state index is 11.5. The first-order chi connectivity index (χ1) is 9.04. The minimum Gasteiger partial charge on any atom is -0.497 e. The second-order valence-corrected chi connectivity index (χ2v) is 7.35. The molecular formula is C14H21NO3S. The lowest BCUT2D eigenvalue weighted by atomic mass is 9.94. The number of methoxy groups -OCH3 is 1. The molecule has 1 aromatic carbocycles. The largest absolute Gasteiger partial charge is 0.497 e. The van der Waals surface area contributed by atoms with Crippen LogP contribution in [0.3, 0.4) is 0 Å². The molecule has 0 amide bonds. The Morgan fingerprint density at radius 3 is 2.84 bits per heavy atom. The number of rotatable bonds is 5. The summed E-state index contributed by atoms with van der Waals surface area (Å²) in [5.74, 6) is 1.76. The Bertz CT molecular complexity index is 527. The predicted octanol–water partition coefficient (Wildman–Crippen LogP) is 1.78. The van der Waals surface area contributed by atoms with Gasteiger partial charge in [-0.25, -0.2) is 8.42 Å². The van der Waals surface area contributed by atoms with Crippen LogP contribution in [-0.2, 0) is 9.84 Å². The van der Waals surface area contributed by atoms with Crippen molar-refractivity contribution in [2.75, 3.05) is 25.7 Å². The summed E-state index contributed by atoms with van der Waals surface area (Å²) in [5, 5.41) is 3.27. The molecular weight excluding hydrogens is 262 g/mol. The fourth-order valence-corrected chi connectivity index (χ4v) is 4.55. The molecule has 0 aromatic heterocycles. The highest BCUT2D eigenvalue weighted by atomic mass is 32.2. The SMILES string of the molecule is CNC(CC1CCS(=O)(=O)C1)c1cccc(OC)c1. The van der Waals surface area contributed by atoms with E-state index in [0.29, 0.717) is 11.5 Å². The van der Waals surface area contributed by atoms with Crippen LogP contribution in [0, 0.1) is 5.92 Å². The Morgan fingerprint density at radius 2 is 2.26 bits per heavy atom. The number of ether oxygens (including phenoxy) is 1. The van der Waals surface area contributed by atoms with Crippen molar-refractivity contribution in [3.63, 3.8) is 0 Å². The van der Waals surface area contributed by atoms with Crippen molar-refractivity contribution >= 4 is 9.84 Å². The van der Waals surface area contributed by atoms with Gasteiger partial charge in [-0.3, -0.25) is 0 Å². The van der Waals surface area contributed by atoms with Gasteiger partial charge in [-0.2, -0.15) is 0 Å². The van der Waals surface area contributed by atoms with Crippen LogP contribution in [0.1, 0.15) is 24.4 Å². The van der Waals surface area contributed by atoms with Crippen molar-refractivity contribution in [1.29, 1.82) is 0 Å². The van der Waals surface area contributed by atoms with E-state index in [-0.39, 0.29) is 12.0 Å². The fourth-order valence-electron chi connectivity index (χ4n) is 2.67. The van der Waals surface area contributed by atoms with Crippen molar-refractivity contribution in [2.45, 2.75) is 18.9 Å². The van der Waals surface area contributed by atoms with E-state index >= 15 is 0 Å². The third-order valence-electron chi connectivity index (χ3n) is 3.74. The van der Waals surface area contributed by atoms with Crippen molar-refractivity contribution < 1.29 is 13.2 Å². The first-order valence-electron chi connectivity index (χ1n) is 6.55. The molecule has 4 nitrogen and oxygen atoms in total. The van der Waals surface area contributed by atoms with Gasteiger partial charge < -0.3 is 10.1 Å². The Labute approximate surface area is 115 Å². The van der Waals surface area contributed by atoms with Crippen LogP contribution in [0.2, 0.25) is 0 Å². The number of benzene rings is 1. The zero-order valence-electron chi connectivity index (χ0n) is 11.4. The van der Waals surface area contributed by atoms with Gasteiger partial charge in [0, 0.05) is 6.04 Å². The second-order valence-electron chi connectivity index (χ2n) is 5.12. The quantitative estimate of drug-likeness (QED) is 0.895. The van der Waals surface area contributed by atoms with Crippen molar-refractivity contribution in [2.24, 2.45) is 5.92 Å². The van der Waals surface area contributed by atoms with E-state index in [9.17, 15) is 8.42 Å². The first-order valence-corrected chi connectivity index (χ1v) is 8.38. The fraction of sp³-hybridized carbons (Fsp3) is 0.571. The molecule has 5 heteroatoms. The van der Waals surface area contributed by atoms with Crippen LogP contribution >= 0.6 is 0 Å². The van der Waals surface area contributed by atoms with Gasteiger partial charge >= 0.3 is 0 Å². The predicted molar refractivity (Wildman–Crippen MR) is 76.2 cm³/mol. The van der Waals surface area contributed by atoms with Crippen LogP contribution in [0.4, 0.5) is 0 Å². The van der Waals surface area contributed by atoms with Gasteiger partial charge in [0.1, 0.15) is 5.75 Å². The molecule has 1 heterocycles. The molecule has 0 bridgehead atoms. The van der Waals surface area contributed by atoms with Gasteiger partial charge in [0.15, 0.2) is 9.84 Å². The Balaban J connectivity index is 2.07. The van der Waals surface area contributed by atoms with Crippen molar-refractivity contribution in [3.8, 4) is 5.75 Å². The zero-order chi connectivity index (χ0) is 13.9. The maximum Gasteiger partial charge on any atom is 0.150 e. The number of sulfone groups is 1. The summed E-state index contributed by atoms with van der Waals surface area (Å²) in [6, 6.07) is 8.10. The monoisotopic (exact) mass is 283 g/mol. The van der Waals surface area contributed by atoms with Crippen molar-refractivity contribution in [3.05, 3.63) is 29.8 Å². The summed E-state index contributed by atoms with van der Waals surface area (Å²) in [5.41, 5.74) is 1.14. The molecule has 2 rings (SSSR count). The summed E-state index contributed by atoms with van der Waals surface area (Å²) in [6.07, 6.45) is 1.63. The normalized spacial score (nSPS) is 23.2. The highest BCUT2D eigenvalue weighted by molar-refractivity contribution is 7.91. The topological polar surface area (TPSA) is 55.4 Å². The van der Waals surface area contributed by atoms with E-state index in [0.717, 1.165) is 24.2 Å². The first kappa shape index (κ1) is 14.3. The molecule has 1 fully saturated rings. The number of hydrogen-bond donors (Lipinski definition) is 1. The lowest BCUT2D eigenvalue weighted by Gasteiger charge is -2.20. The molecule has 1 N–H and O–H groups in total. The van der Waals surface area contributed by atoms with E-state index in [4.69, 9.17) is 4.74 Å². The lowest BCUT2D eigenvalue weighted by Crippen LogP contribution is -2.20. The maximum absolute atomic E-state index is 11.5. The molecule has 0 saturated carbocycles. The van der Waals surface area contributed by atoms with Crippen LogP contribution in [0.25, 0.3) is 0 Å². The summed E-state index contributed by atoms with van der Waals surface area (Å²) in [6.45, 7) is 0. The van der Waals surface area contributed by atoms with Crippen molar-refractivity contribution in [1.82, 2.24) is 5.32 Å². The average molecular weight is 283 g/mol. The van der Waals surface area contributed by atoms with E-state index in [1.807, 2.05) is 31.3 Å². The van der Waals surface area contributed by atoms with Crippen LogP contribution in [0.5, 0.6) is 5.75 Å². The molecule has 0 radical (unpaired) electrons. The van der Waals surface area contributed by atoms with E-state index in [1.54, 1.807) is 7.11 Å². The van der Waals surface area contributed by atoms with Gasteiger partial charge in [0.2, 0.25) is 0 Å². The van der Waals surface area contributed by atoms with Crippen LogP contribution in [-0.4, -0.2) is 34.1 Å². The van der Waals surface area contributed by atoms with Gasteiger partial charge in [0.25, 0.3) is 0 Å². The third kappa shape index (κ3) is 3.70. The molecule has 0 aliphatic carbocycles. The summed E-state index contributed by atoms with van der Waals surface area (Å²) >= 11 is 0. The van der Waals surface area contributed by atoms with Gasteiger partial charge in [0.05, 0.1) is 18.6 Å². The van der Waals surface area contributed by atoms with E-state index in [2.05, 4.69) is 5.32 Å². The molecule has 1 aromatic rings. The molecule has 106 valence electrons. The third-order valence-corrected chi connectivity index (χ3v) is 5.58. The van der Waals surface area contributed by atoms with E-state index < -0.39 is 9.84 Å². The Hall–Kier alpha value is -1.07. The standard InChI is InChI=1S/C14H21NO3S/c1-15-14(8-11-6-7-19(16,17)10-11)12-4-3-5-13(9-12)18-2/h3-5,9,11,14-15H,6-8,10H2,1-2H3. The lowest BCUT2D eigenvalue weighted by molar-refractivity contribution is 0.408. The smallest absolute Gasteiger partial charge is 0.150 e. The molecule has 0 spiro atoms. The van der Waals surface area contributed by atoms with Crippen LogP contribution < -0.4 is 10.1 Å².